The molecule has 1 aliphatic heterocycles. The summed E-state index contributed by atoms with van der Waals surface area (Å²) in [5, 5.41) is 0.385. The highest BCUT2D eigenvalue weighted by Crippen LogP contribution is 2.34. The van der Waals surface area contributed by atoms with Gasteiger partial charge in [0.05, 0.1) is 21.5 Å². The van der Waals surface area contributed by atoms with Gasteiger partial charge in [0.15, 0.2) is 6.61 Å². The van der Waals surface area contributed by atoms with E-state index in [1.165, 1.54) is 0 Å². The average molecular weight is 437 g/mol. The fraction of sp³-hybridized carbons (Fsp3) is 0.105. The van der Waals surface area contributed by atoms with Crippen molar-refractivity contribution in [3.63, 3.8) is 0 Å². The van der Waals surface area contributed by atoms with E-state index in [-0.39, 0.29) is 23.3 Å². The molecule has 2 aromatic carbocycles. The molecule has 0 spiro atoms. The van der Waals surface area contributed by atoms with Crippen molar-refractivity contribution in [3.8, 4) is 5.75 Å². The molecule has 0 aromatic heterocycles. The van der Waals surface area contributed by atoms with Crippen molar-refractivity contribution in [2.24, 2.45) is 5.73 Å². The molecular formula is C19H14Cl2N2O4S. The molecule has 1 saturated heterocycles. The van der Waals surface area contributed by atoms with E-state index in [1.54, 1.807) is 48.5 Å². The SMILES string of the molecule is NC(=O)COc1cccc(/C=C2\SC(=O)N(Cc3ccc(Cl)c(Cl)c3)C2=O)c1. The van der Waals surface area contributed by atoms with Gasteiger partial charge < -0.3 is 10.5 Å². The summed E-state index contributed by atoms with van der Waals surface area (Å²) in [5.41, 5.74) is 6.41. The first-order chi connectivity index (χ1) is 13.3. The fourth-order valence-corrected chi connectivity index (χ4v) is 3.62. The van der Waals surface area contributed by atoms with Gasteiger partial charge in [0.2, 0.25) is 0 Å². The molecule has 6 nitrogen and oxygen atoms in total. The molecule has 0 unspecified atom stereocenters. The van der Waals surface area contributed by atoms with Crippen molar-refractivity contribution in [2.75, 3.05) is 6.61 Å². The molecule has 2 N–H and O–H groups in total. The highest BCUT2D eigenvalue weighted by atomic mass is 35.5. The topological polar surface area (TPSA) is 89.7 Å². The Morgan fingerprint density at radius 1 is 1.14 bits per heavy atom. The van der Waals surface area contributed by atoms with E-state index in [0.717, 1.165) is 16.7 Å². The Hall–Kier alpha value is -2.48. The van der Waals surface area contributed by atoms with Gasteiger partial charge in [-0.25, -0.2) is 0 Å². The first-order valence-electron chi connectivity index (χ1n) is 8.04. The van der Waals surface area contributed by atoms with Crippen LogP contribution in [-0.2, 0) is 16.1 Å². The standard InChI is InChI=1S/C19H14Cl2N2O4S/c20-14-5-4-12(7-15(14)21)9-23-18(25)16(28-19(23)26)8-11-2-1-3-13(6-11)27-10-17(22)24/h1-8H,9-10H2,(H2,22,24)/b16-8-. The normalized spacial score (nSPS) is 15.4. The van der Waals surface area contributed by atoms with Gasteiger partial charge in [-0.2, -0.15) is 0 Å². The van der Waals surface area contributed by atoms with E-state index < -0.39 is 11.8 Å². The molecule has 9 heteroatoms. The zero-order valence-corrected chi connectivity index (χ0v) is 16.7. The van der Waals surface area contributed by atoms with Gasteiger partial charge in [0.1, 0.15) is 5.75 Å². The number of thioether (sulfide) groups is 1. The minimum Gasteiger partial charge on any atom is -0.484 e. The first kappa shape index (κ1) is 20.3. The molecule has 1 heterocycles. The van der Waals surface area contributed by atoms with E-state index in [4.69, 9.17) is 33.7 Å². The maximum atomic E-state index is 12.6. The summed E-state index contributed by atoms with van der Waals surface area (Å²) in [6.45, 7) is -0.149. The number of ether oxygens (including phenoxy) is 1. The minimum atomic E-state index is -0.589. The van der Waals surface area contributed by atoms with Crippen molar-refractivity contribution in [3.05, 3.63) is 68.5 Å². The van der Waals surface area contributed by atoms with Gasteiger partial charge in [-0.1, -0.05) is 41.4 Å². The van der Waals surface area contributed by atoms with Gasteiger partial charge in [-0.3, -0.25) is 19.3 Å². The number of primary amides is 1. The number of nitrogens with two attached hydrogens (primary N) is 1. The van der Waals surface area contributed by atoms with Gasteiger partial charge >= 0.3 is 0 Å². The third-order valence-electron chi connectivity index (χ3n) is 3.74. The average Bonchev–Trinajstić information content (AvgIpc) is 2.91. The molecule has 0 atom stereocenters. The molecule has 3 rings (SSSR count). The fourth-order valence-electron chi connectivity index (χ4n) is 2.46. The lowest BCUT2D eigenvalue weighted by Crippen LogP contribution is -2.27. The lowest BCUT2D eigenvalue weighted by molar-refractivity contribution is -0.123. The van der Waals surface area contributed by atoms with Crippen molar-refractivity contribution in [1.29, 1.82) is 0 Å². The van der Waals surface area contributed by atoms with Gasteiger partial charge in [0.25, 0.3) is 17.1 Å². The molecule has 2 aromatic rings. The Balaban J connectivity index is 1.76. The lowest BCUT2D eigenvalue weighted by atomic mass is 10.2. The van der Waals surface area contributed by atoms with Crippen LogP contribution >= 0.6 is 35.0 Å². The number of halogens is 2. The zero-order valence-electron chi connectivity index (χ0n) is 14.4. The Bertz CT molecular complexity index is 994. The van der Waals surface area contributed by atoms with Crippen molar-refractivity contribution < 1.29 is 19.1 Å². The molecule has 3 amide bonds. The van der Waals surface area contributed by atoms with Gasteiger partial charge in [0, 0.05) is 0 Å². The van der Waals surface area contributed by atoms with Crippen LogP contribution in [0, 0.1) is 0 Å². The molecule has 0 saturated carbocycles. The summed E-state index contributed by atoms with van der Waals surface area (Å²) in [4.78, 5) is 37.2. The summed E-state index contributed by atoms with van der Waals surface area (Å²) in [5.74, 6) is -0.555. The minimum absolute atomic E-state index is 0.0979. The van der Waals surface area contributed by atoms with Crippen LogP contribution in [0.3, 0.4) is 0 Å². The van der Waals surface area contributed by atoms with Crippen LogP contribution in [0.4, 0.5) is 4.79 Å². The molecule has 1 aliphatic rings. The number of nitrogens with zero attached hydrogens (tertiary/aromatic N) is 1. The number of hydrogen-bond acceptors (Lipinski definition) is 5. The van der Waals surface area contributed by atoms with Crippen molar-refractivity contribution in [2.45, 2.75) is 6.54 Å². The Morgan fingerprint density at radius 3 is 2.64 bits per heavy atom. The smallest absolute Gasteiger partial charge is 0.293 e. The van der Waals surface area contributed by atoms with Crippen LogP contribution in [0.5, 0.6) is 5.75 Å². The second-order valence-corrected chi connectivity index (χ2v) is 7.65. The predicted octanol–water partition coefficient (Wildman–Crippen LogP) is 4.09. The molecule has 144 valence electrons. The van der Waals surface area contributed by atoms with Gasteiger partial charge in [-0.05, 0) is 53.2 Å². The summed E-state index contributed by atoms with van der Waals surface area (Å²) in [7, 11) is 0. The Kier molecular flexibility index (Phi) is 6.28. The third-order valence-corrected chi connectivity index (χ3v) is 5.38. The van der Waals surface area contributed by atoms with E-state index in [0.29, 0.717) is 26.9 Å². The van der Waals surface area contributed by atoms with Crippen LogP contribution < -0.4 is 10.5 Å². The molecule has 0 aliphatic carbocycles. The van der Waals surface area contributed by atoms with Crippen LogP contribution in [0.1, 0.15) is 11.1 Å². The number of amides is 3. The number of rotatable bonds is 6. The largest absolute Gasteiger partial charge is 0.484 e. The van der Waals surface area contributed by atoms with E-state index >= 15 is 0 Å². The molecule has 0 radical (unpaired) electrons. The summed E-state index contributed by atoms with van der Waals surface area (Å²) in [6.07, 6.45) is 1.59. The van der Waals surface area contributed by atoms with Crippen LogP contribution in [-0.4, -0.2) is 28.6 Å². The Morgan fingerprint density at radius 2 is 1.93 bits per heavy atom. The monoisotopic (exact) mass is 436 g/mol. The molecule has 28 heavy (non-hydrogen) atoms. The van der Waals surface area contributed by atoms with Gasteiger partial charge in [-0.15, -0.1) is 0 Å². The summed E-state index contributed by atoms with van der Waals surface area (Å²) < 4.78 is 5.25. The third kappa shape index (κ3) is 4.86. The van der Waals surface area contributed by atoms with Crippen LogP contribution in [0.2, 0.25) is 10.0 Å². The molecule has 0 bridgehead atoms. The lowest BCUT2D eigenvalue weighted by Gasteiger charge is -2.13. The number of hydrogen-bond donors (Lipinski definition) is 1. The highest BCUT2D eigenvalue weighted by Gasteiger charge is 2.35. The number of carbonyl (C=O) groups is 3. The second kappa shape index (κ2) is 8.68. The maximum absolute atomic E-state index is 12.6. The first-order valence-corrected chi connectivity index (χ1v) is 9.61. The van der Waals surface area contributed by atoms with Crippen LogP contribution in [0.15, 0.2) is 47.4 Å². The van der Waals surface area contributed by atoms with Crippen molar-refractivity contribution in [1.82, 2.24) is 4.90 Å². The molecular weight excluding hydrogens is 423 g/mol. The number of carbonyl (C=O) groups excluding carboxylic acids is 3. The number of imide groups is 1. The number of benzene rings is 2. The quantitative estimate of drug-likeness (QED) is 0.688. The van der Waals surface area contributed by atoms with Crippen LogP contribution in [0.25, 0.3) is 6.08 Å². The van der Waals surface area contributed by atoms with E-state index in [9.17, 15) is 14.4 Å². The zero-order chi connectivity index (χ0) is 20.3. The van der Waals surface area contributed by atoms with E-state index in [1.807, 2.05) is 0 Å². The van der Waals surface area contributed by atoms with E-state index in [2.05, 4.69) is 0 Å². The highest BCUT2D eigenvalue weighted by molar-refractivity contribution is 8.18. The summed E-state index contributed by atoms with van der Waals surface area (Å²) >= 11 is 12.7. The predicted molar refractivity (Wildman–Crippen MR) is 109 cm³/mol. The summed E-state index contributed by atoms with van der Waals surface area (Å²) in [6, 6.07) is 11.7. The Labute approximate surface area is 175 Å². The maximum Gasteiger partial charge on any atom is 0.293 e. The second-order valence-electron chi connectivity index (χ2n) is 5.84. The molecule has 1 fully saturated rings. The van der Waals surface area contributed by atoms with Crippen molar-refractivity contribution >= 4 is 58.1 Å².